The van der Waals surface area contributed by atoms with Crippen molar-refractivity contribution < 1.29 is 4.92 Å². The summed E-state index contributed by atoms with van der Waals surface area (Å²) >= 11 is 7.44. The third kappa shape index (κ3) is 5.69. The number of nitro groups is 1. The van der Waals surface area contributed by atoms with Gasteiger partial charge in [0.15, 0.2) is 5.16 Å². The summed E-state index contributed by atoms with van der Waals surface area (Å²) in [7, 11) is 0. The van der Waals surface area contributed by atoms with Gasteiger partial charge in [0.1, 0.15) is 10.8 Å². The molecule has 0 atom stereocenters. The van der Waals surface area contributed by atoms with Gasteiger partial charge in [-0.15, -0.1) is 10.2 Å². The summed E-state index contributed by atoms with van der Waals surface area (Å²) in [6.45, 7) is 6.63. The van der Waals surface area contributed by atoms with Gasteiger partial charge in [-0.3, -0.25) is 10.1 Å². The molecule has 0 saturated heterocycles. The Balaban J connectivity index is 1.84. The van der Waals surface area contributed by atoms with Gasteiger partial charge in [-0.25, -0.2) is 0 Å². The Labute approximate surface area is 162 Å². The predicted molar refractivity (Wildman–Crippen MR) is 105 cm³/mol. The third-order valence-electron chi connectivity index (χ3n) is 3.81. The van der Waals surface area contributed by atoms with Crippen molar-refractivity contribution in [2.75, 3.05) is 12.8 Å². The molecule has 0 radical (unpaired) electrons. The molecule has 0 aliphatic heterocycles. The van der Waals surface area contributed by atoms with Gasteiger partial charge in [-0.1, -0.05) is 43.3 Å². The zero-order valence-corrected chi connectivity index (χ0v) is 16.8. The summed E-state index contributed by atoms with van der Waals surface area (Å²) in [5.74, 6) is 1.54. The molecule has 1 heterocycles. The Bertz CT molecular complexity index is 751. The van der Waals surface area contributed by atoms with Crippen LogP contribution >= 0.6 is 23.4 Å². The van der Waals surface area contributed by atoms with Gasteiger partial charge in [0, 0.05) is 25.6 Å². The first-order chi connectivity index (χ1) is 12.4. The summed E-state index contributed by atoms with van der Waals surface area (Å²) in [6, 6.07) is 4.88. The lowest BCUT2D eigenvalue weighted by atomic mass is 10.2. The molecule has 0 aliphatic rings. The smallest absolute Gasteiger partial charge is 0.288 e. The molecular weight excluding hydrogens is 374 g/mol. The highest BCUT2D eigenvalue weighted by molar-refractivity contribution is 7.98. The molecule has 1 aromatic carbocycles. The van der Waals surface area contributed by atoms with E-state index in [2.05, 4.69) is 33.9 Å². The van der Waals surface area contributed by atoms with Crippen LogP contribution in [0.3, 0.4) is 0 Å². The van der Waals surface area contributed by atoms with Crippen LogP contribution in [0.15, 0.2) is 23.4 Å². The van der Waals surface area contributed by atoms with E-state index < -0.39 is 4.92 Å². The predicted octanol–water partition coefficient (Wildman–Crippen LogP) is 3.94. The number of rotatable bonds is 10. The Morgan fingerprint density at radius 1 is 1.38 bits per heavy atom. The molecule has 26 heavy (non-hydrogen) atoms. The van der Waals surface area contributed by atoms with E-state index in [4.69, 9.17) is 11.6 Å². The molecule has 2 aromatic rings. The van der Waals surface area contributed by atoms with E-state index >= 15 is 0 Å². The van der Waals surface area contributed by atoms with E-state index in [0.29, 0.717) is 12.5 Å². The van der Waals surface area contributed by atoms with Crippen LogP contribution in [0.4, 0.5) is 5.69 Å². The second-order valence-electron chi connectivity index (χ2n) is 6.43. The van der Waals surface area contributed by atoms with Crippen LogP contribution in [-0.2, 0) is 19.5 Å². The lowest BCUT2D eigenvalue weighted by Crippen LogP contribution is -2.17. The second-order valence-corrected chi connectivity index (χ2v) is 7.61. The van der Waals surface area contributed by atoms with E-state index in [1.807, 2.05) is 6.26 Å². The van der Waals surface area contributed by atoms with Crippen LogP contribution in [0.5, 0.6) is 0 Å². The summed E-state index contributed by atoms with van der Waals surface area (Å²) < 4.78 is 2.19. The second kappa shape index (κ2) is 9.89. The van der Waals surface area contributed by atoms with Gasteiger partial charge in [0.2, 0.25) is 0 Å². The normalized spacial score (nSPS) is 11.3. The van der Waals surface area contributed by atoms with Crippen molar-refractivity contribution in [1.82, 2.24) is 20.1 Å². The topological polar surface area (TPSA) is 85.9 Å². The first-order valence-electron chi connectivity index (χ1n) is 8.52. The van der Waals surface area contributed by atoms with Crippen molar-refractivity contribution in [3.63, 3.8) is 0 Å². The van der Waals surface area contributed by atoms with Crippen molar-refractivity contribution in [2.24, 2.45) is 5.92 Å². The minimum atomic E-state index is -0.462. The van der Waals surface area contributed by atoms with E-state index in [0.717, 1.165) is 42.5 Å². The molecule has 0 bridgehead atoms. The van der Waals surface area contributed by atoms with E-state index in [9.17, 15) is 10.1 Å². The van der Waals surface area contributed by atoms with Gasteiger partial charge in [-0.2, -0.15) is 0 Å². The average Bonchev–Trinajstić information content (AvgIpc) is 2.96. The fourth-order valence-corrected chi connectivity index (χ4v) is 3.33. The maximum Gasteiger partial charge on any atom is 0.288 e. The van der Waals surface area contributed by atoms with Crippen LogP contribution in [0.25, 0.3) is 0 Å². The summed E-state index contributed by atoms with van der Waals surface area (Å²) in [5, 5.41) is 23.9. The van der Waals surface area contributed by atoms with Gasteiger partial charge in [0.05, 0.1) is 4.92 Å². The quantitative estimate of drug-likeness (QED) is 0.283. The van der Waals surface area contributed by atoms with E-state index in [1.165, 1.54) is 6.07 Å². The maximum absolute atomic E-state index is 10.9. The maximum atomic E-state index is 10.9. The summed E-state index contributed by atoms with van der Waals surface area (Å²) in [5.41, 5.74) is 0.783. The van der Waals surface area contributed by atoms with Gasteiger partial charge in [0.25, 0.3) is 5.69 Å². The number of benzene rings is 1. The standard InChI is InChI=1S/C17H24ClN5O2S/c1-12(2)11-22-16(20-21-17(22)26-3)5-4-8-19-10-13-6-7-14(18)15(9-13)23(24)25/h6-7,9,12,19H,4-5,8,10-11H2,1-3H3. The highest BCUT2D eigenvalue weighted by Crippen LogP contribution is 2.25. The molecular formula is C17H24ClN5O2S. The van der Waals surface area contributed by atoms with Crippen molar-refractivity contribution in [2.45, 2.75) is 44.9 Å². The summed E-state index contributed by atoms with van der Waals surface area (Å²) in [6.07, 6.45) is 3.77. The van der Waals surface area contributed by atoms with E-state index in [-0.39, 0.29) is 10.7 Å². The Kier molecular flexibility index (Phi) is 7.86. The molecule has 7 nitrogen and oxygen atoms in total. The summed E-state index contributed by atoms with van der Waals surface area (Å²) in [4.78, 5) is 10.5. The Morgan fingerprint density at radius 3 is 2.81 bits per heavy atom. The monoisotopic (exact) mass is 397 g/mol. The number of halogens is 1. The lowest BCUT2D eigenvalue weighted by Gasteiger charge is -2.11. The largest absolute Gasteiger partial charge is 0.313 e. The number of hydrogen-bond donors (Lipinski definition) is 1. The number of hydrogen-bond acceptors (Lipinski definition) is 6. The van der Waals surface area contributed by atoms with Crippen molar-refractivity contribution >= 4 is 29.1 Å². The Hall–Kier alpha value is -1.64. The first kappa shape index (κ1) is 20.7. The van der Waals surface area contributed by atoms with Crippen LogP contribution < -0.4 is 5.32 Å². The van der Waals surface area contributed by atoms with E-state index in [1.54, 1.807) is 23.9 Å². The lowest BCUT2D eigenvalue weighted by molar-refractivity contribution is -0.384. The number of thioether (sulfide) groups is 1. The zero-order chi connectivity index (χ0) is 19.1. The van der Waals surface area contributed by atoms with Gasteiger partial charge >= 0.3 is 0 Å². The molecule has 1 N–H and O–H groups in total. The van der Waals surface area contributed by atoms with Crippen molar-refractivity contribution in [1.29, 1.82) is 0 Å². The first-order valence-corrected chi connectivity index (χ1v) is 10.1. The highest BCUT2D eigenvalue weighted by Gasteiger charge is 2.13. The molecule has 0 saturated carbocycles. The van der Waals surface area contributed by atoms with Crippen LogP contribution in [0, 0.1) is 16.0 Å². The van der Waals surface area contributed by atoms with Crippen LogP contribution in [-0.4, -0.2) is 32.5 Å². The zero-order valence-electron chi connectivity index (χ0n) is 15.2. The molecule has 142 valence electrons. The molecule has 0 fully saturated rings. The number of aromatic nitrogens is 3. The molecule has 0 amide bonds. The molecule has 2 rings (SSSR count). The highest BCUT2D eigenvalue weighted by atomic mass is 35.5. The number of nitro benzene ring substituents is 1. The molecule has 9 heteroatoms. The molecule has 0 spiro atoms. The fraction of sp³-hybridized carbons (Fsp3) is 0.529. The molecule has 0 aliphatic carbocycles. The third-order valence-corrected chi connectivity index (χ3v) is 4.80. The number of nitrogens with one attached hydrogen (secondary N) is 1. The van der Waals surface area contributed by atoms with Crippen LogP contribution in [0.2, 0.25) is 5.02 Å². The Morgan fingerprint density at radius 2 is 2.15 bits per heavy atom. The van der Waals surface area contributed by atoms with Crippen LogP contribution in [0.1, 0.15) is 31.7 Å². The minimum Gasteiger partial charge on any atom is -0.313 e. The van der Waals surface area contributed by atoms with Crippen molar-refractivity contribution in [3.05, 3.63) is 44.7 Å². The van der Waals surface area contributed by atoms with Crippen molar-refractivity contribution in [3.8, 4) is 0 Å². The minimum absolute atomic E-state index is 0.0580. The van der Waals surface area contributed by atoms with Gasteiger partial charge < -0.3 is 9.88 Å². The fourth-order valence-electron chi connectivity index (χ4n) is 2.62. The number of nitrogens with zero attached hydrogens (tertiary/aromatic N) is 4. The number of aryl methyl sites for hydroxylation is 1. The average molecular weight is 398 g/mol. The SMILES string of the molecule is CSc1nnc(CCCNCc2ccc(Cl)c([N+](=O)[O-])c2)n1CC(C)C. The molecule has 0 unspecified atom stereocenters. The van der Waals surface area contributed by atoms with Gasteiger partial charge in [-0.05, 0) is 36.8 Å². The molecule has 1 aromatic heterocycles.